The van der Waals surface area contributed by atoms with Crippen LogP contribution in [0.4, 0.5) is 0 Å². The van der Waals surface area contributed by atoms with Crippen molar-refractivity contribution in [2.75, 3.05) is 0 Å². The van der Waals surface area contributed by atoms with Crippen LogP contribution in [0.25, 0.3) is 0 Å². The van der Waals surface area contributed by atoms with Gasteiger partial charge in [0.05, 0.1) is 6.07 Å². The Labute approximate surface area is 57.0 Å². The lowest BCUT2D eigenvalue weighted by Crippen LogP contribution is -1.90. The second kappa shape index (κ2) is 4.14. The maximum Gasteiger partial charge on any atom is 0.0911 e. The summed E-state index contributed by atoms with van der Waals surface area (Å²) in [6.07, 6.45) is 2.63. The van der Waals surface area contributed by atoms with Crippen LogP contribution in [0.3, 0.4) is 0 Å². The highest BCUT2D eigenvalue weighted by Gasteiger charge is 1.97. The SMILES string of the molecule is CCC(=CC#N)C(C)C. The molecule has 0 N–H and O–H groups in total. The van der Waals surface area contributed by atoms with Crippen molar-refractivity contribution in [1.82, 2.24) is 0 Å². The molecular weight excluding hydrogens is 110 g/mol. The number of hydrogen-bond acceptors (Lipinski definition) is 1. The fourth-order valence-electron chi connectivity index (χ4n) is 0.760. The van der Waals surface area contributed by atoms with E-state index in [1.807, 2.05) is 6.07 Å². The Morgan fingerprint density at radius 2 is 2.22 bits per heavy atom. The van der Waals surface area contributed by atoms with E-state index in [1.54, 1.807) is 6.08 Å². The zero-order valence-corrected chi connectivity index (χ0v) is 6.31. The van der Waals surface area contributed by atoms with Gasteiger partial charge in [0.1, 0.15) is 0 Å². The van der Waals surface area contributed by atoms with Gasteiger partial charge >= 0.3 is 0 Å². The average molecular weight is 123 g/mol. The van der Waals surface area contributed by atoms with Crippen molar-refractivity contribution >= 4 is 0 Å². The molecule has 9 heavy (non-hydrogen) atoms. The van der Waals surface area contributed by atoms with Crippen molar-refractivity contribution in [2.45, 2.75) is 27.2 Å². The van der Waals surface area contributed by atoms with Gasteiger partial charge in [-0.3, -0.25) is 0 Å². The summed E-state index contributed by atoms with van der Waals surface area (Å²) in [5, 5.41) is 8.29. The lowest BCUT2D eigenvalue weighted by molar-refractivity contribution is 0.733. The second-order valence-electron chi connectivity index (χ2n) is 2.36. The second-order valence-corrected chi connectivity index (χ2v) is 2.36. The van der Waals surface area contributed by atoms with Gasteiger partial charge in [0.15, 0.2) is 0 Å². The Hall–Kier alpha value is -0.770. The van der Waals surface area contributed by atoms with E-state index < -0.39 is 0 Å². The molecule has 0 aliphatic rings. The van der Waals surface area contributed by atoms with Crippen LogP contribution in [0.5, 0.6) is 0 Å². The lowest BCUT2D eigenvalue weighted by Gasteiger charge is -2.04. The van der Waals surface area contributed by atoms with Crippen molar-refractivity contribution in [3.05, 3.63) is 11.6 Å². The molecule has 0 saturated heterocycles. The van der Waals surface area contributed by atoms with Crippen molar-refractivity contribution in [1.29, 1.82) is 5.26 Å². The average Bonchev–Trinajstić information content (AvgIpc) is 1.82. The van der Waals surface area contributed by atoms with E-state index in [0.29, 0.717) is 5.92 Å². The fourth-order valence-corrected chi connectivity index (χ4v) is 0.760. The molecule has 0 radical (unpaired) electrons. The van der Waals surface area contributed by atoms with E-state index >= 15 is 0 Å². The summed E-state index contributed by atoms with van der Waals surface area (Å²) >= 11 is 0. The lowest BCUT2D eigenvalue weighted by atomic mass is 10.0. The number of hydrogen-bond donors (Lipinski definition) is 0. The van der Waals surface area contributed by atoms with Gasteiger partial charge in [-0.25, -0.2) is 0 Å². The Bertz CT molecular complexity index is 137. The van der Waals surface area contributed by atoms with E-state index in [4.69, 9.17) is 5.26 Å². The highest BCUT2D eigenvalue weighted by Crippen LogP contribution is 2.11. The summed E-state index contributed by atoms with van der Waals surface area (Å²) in [4.78, 5) is 0. The molecule has 1 heteroatoms. The zero-order valence-electron chi connectivity index (χ0n) is 6.31. The van der Waals surface area contributed by atoms with Gasteiger partial charge in [-0.15, -0.1) is 0 Å². The highest BCUT2D eigenvalue weighted by molar-refractivity contribution is 5.14. The van der Waals surface area contributed by atoms with Crippen LogP contribution in [0.1, 0.15) is 27.2 Å². The highest BCUT2D eigenvalue weighted by atomic mass is 14.2. The summed E-state index contributed by atoms with van der Waals surface area (Å²) < 4.78 is 0. The summed E-state index contributed by atoms with van der Waals surface area (Å²) in [6, 6.07) is 2.04. The zero-order chi connectivity index (χ0) is 7.28. The normalized spacial score (nSPS) is 11.7. The smallest absolute Gasteiger partial charge is 0.0911 e. The van der Waals surface area contributed by atoms with Gasteiger partial charge in [-0.1, -0.05) is 26.3 Å². The molecule has 0 atom stereocenters. The third-order valence-electron chi connectivity index (χ3n) is 1.40. The molecule has 0 unspecified atom stereocenters. The molecule has 0 fully saturated rings. The third-order valence-corrected chi connectivity index (χ3v) is 1.40. The minimum absolute atomic E-state index is 0.523. The molecule has 0 bridgehead atoms. The summed E-state index contributed by atoms with van der Waals surface area (Å²) in [5.74, 6) is 0.523. The van der Waals surface area contributed by atoms with Gasteiger partial charge in [0.25, 0.3) is 0 Å². The van der Waals surface area contributed by atoms with Gasteiger partial charge in [0.2, 0.25) is 0 Å². The molecule has 0 amide bonds. The molecule has 0 rings (SSSR count). The van der Waals surface area contributed by atoms with Gasteiger partial charge < -0.3 is 0 Å². The summed E-state index contributed by atoms with van der Waals surface area (Å²) in [6.45, 7) is 6.28. The van der Waals surface area contributed by atoms with Gasteiger partial charge in [-0.2, -0.15) is 5.26 Å². The van der Waals surface area contributed by atoms with Crippen LogP contribution < -0.4 is 0 Å². The molecule has 0 aromatic heterocycles. The predicted octanol–water partition coefficient (Wildman–Crippen LogP) is 2.50. The molecule has 0 aliphatic heterocycles. The first-order valence-corrected chi connectivity index (χ1v) is 3.30. The number of nitrogens with zero attached hydrogens (tertiary/aromatic N) is 1. The maximum absolute atomic E-state index is 8.29. The molecule has 0 aliphatic carbocycles. The Morgan fingerprint density at radius 3 is 2.33 bits per heavy atom. The molecular formula is C8H13N. The van der Waals surface area contributed by atoms with Crippen molar-refractivity contribution in [2.24, 2.45) is 5.92 Å². The van der Waals surface area contributed by atoms with Gasteiger partial charge in [-0.05, 0) is 12.3 Å². The molecule has 0 aromatic carbocycles. The number of allylic oxidation sites excluding steroid dienone is 2. The topological polar surface area (TPSA) is 23.8 Å². The van der Waals surface area contributed by atoms with Gasteiger partial charge in [0, 0.05) is 6.08 Å². The third kappa shape index (κ3) is 2.92. The van der Waals surface area contributed by atoms with E-state index in [2.05, 4.69) is 20.8 Å². The largest absolute Gasteiger partial charge is 0.193 e. The van der Waals surface area contributed by atoms with Crippen LogP contribution in [0.2, 0.25) is 0 Å². The Kier molecular flexibility index (Phi) is 3.79. The summed E-state index contributed by atoms with van der Waals surface area (Å²) in [5.41, 5.74) is 1.23. The standard InChI is InChI=1S/C8H13N/c1-4-8(5-6-9)7(2)3/h5,7H,4H2,1-3H3. The van der Waals surface area contributed by atoms with E-state index in [9.17, 15) is 0 Å². The minimum Gasteiger partial charge on any atom is -0.193 e. The molecule has 0 heterocycles. The van der Waals surface area contributed by atoms with Crippen molar-refractivity contribution in [3.63, 3.8) is 0 Å². The summed E-state index contributed by atoms with van der Waals surface area (Å²) in [7, 11) is 0. The molecule has 0 spiro atoms. The predicted molar refractivity (Wildman–Crippen MR) is 38.8 cm³/mol. The number of rotatable bonds is 2. The van der Waals surface area contributed by atoms with E-state index in [-0.39, 0.29) is 0 Å². The Morgan fingerprint density at radius 1 is 1.67 bits per heavy atom. The quantitative estimate of drug-likeness (QED) is 0.517. The first-order valence-electron chi connectivity index (χ1n) is 3.30. The van der Waals surface area contributed by atoms with Crippen LogP contribution in [0.15, 0.2) is 11.6 Å². The van der Waals surface area contributed by atoms with Crippen molar-refractivity contribution in [3.8, 4) is 6.07 Å². The molecule has 0 saturated carbocycles. The first-order chi connectivity index (χ1) is 4.22. The molecule has 0 aromatic rings. The Balaban J connectivity index is 4.02. The maximum atomic E-state index is 8.29. The van der Waals surface area contributed by atoms with E-state index in [0.717, 1.165) is 6.42 Å². The molecule has 1 nitrogen and oxygen atoms in total. The minimum atomic E-state index is 0.523. The monoisotopic (exact) mass is 123 g/mol. The van der Waals surface area contributed by atoms with Crippen LogP contribution >= 0.6 is 0 Å². The first kappa shape index (κ1) is 8.23. The number of nitriles is 1. The molecule has 50 valence electrons. The van der Waals surface area contributed by atoms with Crippen LogP contribution in [-0.4, -0.2) is 0 Å². The van der Waals surface area contributed by atoms with Crippen LogP contribution in [-0.2, 0) is 0 Å². The van der Waals surface area contributed by atoms with Crippen LogP contribution in [0, 0.1) is 17.2 Å². The van der Waals surface area contributed by atoms with E-state index in [1.165, 1.54) is 5.57 Å². The van der Waals surface area contributed by atoms with Crippen molar-refractivity contribution < 1.29 is 0 Å². The fraction of sp³-hybridized carbons (Fsp3) is 0.625.